The molecule has 1 aliphatic rings. The number of fused-ring (bicyclic) bond motifs is 1. The lowest BCUT2D eigenvalue weighted by Gasteiger charge is -2.14. The third kappa shape index (κ3) is 2.66. The molecule has 0 saturated carbocycles. The fourth-order valence-electron chi connectivity index (χ4n) is 3.08. The zero-order valence-electron chi connectivity index (χ0n) is 12.8. The summed E-state index contributed by atoms with van der Waals surface area (Å²) in [6.07, 6.45) is 1.32. The van der Waals surface area contributed by atoms with Crippen LogP contribution in [0.3, 0.4) is 0 Å². The number of imidazole rings is 1. The highest BCUT2D eigenvalue weighted by Gasteiger charge is 2.28. The fraction of sp³-hybridized carbons (Fsp3) is 0.529. The Hall–Kier alpha value is -1.86. The molecule has 0 bridgehead atoms. The SMILES string of the molecule is CC(C)Cn1c(C2COC(C)C2)nc2cc(C#N)ccc21. The number of nitriles is 1. The molecule has 2 unspecified atom stereocenters. The minimum Gasteiger partial charge on any atom is -0.378 e. The second-order valence-electron chi connectivity index (χ2n) is 6.37. The number of hydrogen-bond acceptors (Lipinski definition) is 3. The Bertz CT molecular complexity index is 696. The lowest BCUT2D eigenvalue weighted by atomic mass is 10.1. The zero-order valence-corrected chi connectivity index (χ0v) is 12.8. The number of aromatic nitrogens is 2. The Labute approximate surface area is 125 Å². The van der Waals surface area contributed by atoms with Gasteiger partial charge in [-0.15, -0.1) is 0 Å². The fourth-order valence-corrected chi connectivity index (χ4v) is 3.08. The van der Waals surface area contributed by atoms with Gasteiger partial charge in [0.1, 0.15) is 5.82 Å². The summed E-state index contributed by atoms with van der Waals surface area (Å²) < 4.78 is 8.03. The number of benzene rings is 1. The monoisotopic (exact) mass is 283 g/mol. The van der Waals surface area contributed by atoms with Crippen molar-refractivity contribution in [3.05, 3.63) is 29.6 Å². The molecule has 0 N–H and O–H groups in total. The van der Waals surface area contributed by atoms with Crippen molar-refractivity contribution in [1.82, 2.24) is 9.55 Å². The molecule has 3 rings (SSSR count). The van der Waals surface area contributed by atoms with Gasteiger partial charge in [0.2, 0.25) is 0 Å². The molecule has 4 nitrogen and oxygen atoms in total. The van der Waals surface area contributed by atoms with E-state index in [1.807, 2.05) is 18.2 Å². The number of nitrogens with zero attached hydrogens (tertiary/aromatic N) is 3. The molecule has 2 aromatic rings. The van der Waals surface area contributed by atoms with E-state index in [-0.39, 0.29) is 0 Å². The topological polar surface area (TPSA) is 50.8 Å². The summed E-state index contributed by atoms with van der Waals surface area (Å²) in [5.41, 5.74) is 2.71. The Morgan fingerprint density at radius 3 is 2.90 bits per heavy atom. The molecule has 1 fully saturated rings. The van der Waals surface area contributed by atoms with Crippen LogP contribution in [0.1, 0.15) is 44.5 Å². The van der Waals surface area contributed by atoms with E-state index in [4.69, 9.17) is 15.0 Å². The summed E-state index contributed by atoms with van der Waals surface area (Å²) >= 11 is 0. The normalized spacial score (nSPS) is 22.0. The van der Waals surface area contributed by atoms with Crippen LogP contribution in [0, 0.1) is 17.2 Å². The van der Waals surface area contributed by atoms with Crippen LogP contribution >= 0.6 is 0 Å². The van der Waals surface area contributed by atoms with Crippen molar-refractivity contribution in [2.75, 3.05) is 6.61 Å². The summed E-state index contributed by atoms with van der Waals surface area (Å²) in [7, 11) is 0. The zero-order chi connectivity index (χ0) is 15.0. The van der Waals surface area contributed by atoms with Gasteiger partial charge in [-0.2, -0.15) is 5.26 Å². The third-order valence-corrected chi connectivity index (χ3v) is 4.02. The van der Waals surface area contributed by atoms with Crippen LogP contribution in [0.2, 0.25) is 0 Å². The molecule has 0 aliphatic carbocycles. The first-order chi connectivity index (χ1) is 10.1. The first kappa shape index (κ1) is 14.1. The van der Waals surface area contributed by atoms with Gasteiger partial charge < -0.3 is 9.30 Å². The summed E-state index contributed by atoms with van der Waals surface area (Å²) in [6, 6.07) is 7.97. The number of rotatable bonds is 3. The molecule has 1 aliphatic heterocycles. The first-order valence-corrected chi connectivity index (χ1v) is 7.60. The van der Waals surface area contributed by atoms with E-state index in [1.165, 1.54) is 0 Å². The van der Waals surface area contributed by atoms with Crippen LogP contribution in [-0.2, 0) is 11.3 Å². The average Bonchev–Trinajstić information content (AvgIpc) is 3.02. The van der Waals surface area contributed by atoms with Crippen molar-refractivity contribution in [3.8, 4) is 6.07 Å². The summed E-state index contributed by atoms with van der Waals surface area (Å²) in [6.45, 7) is 8.24. The van der Waals surface area contributed by atoms with Crippen molar-refractivity contribution in [3.63, 3.8) is 0 Å². The van der Waals surface area contributed by atoms with Gasteiger partial charge in [-0.1, -0.05) is 13.8 Å². The summed E-state index contributed by atoms with van der Waals surface area (Å²) in [5, 5.41) is 9.06. The smallest absolute Gasteiger partial charge is 0.115 e. The minimum absolute atomic E-state index is 0.303. The molecular weight excluding hydrogens is 262 g/mol. The van der Waals surface area contributed by atoms with Gasteiger partial charge in [-0.25, -0.2) is 4.98 Å². The van der Waals surface area contributed by atoms with E-state index in [2.05, 4.69) is 31.4 Å². The van der Waals surface area contributed by atoms with E-state index < -0.39 is 0 Å². The van der Waals surface area contributed by atoms with E-state index >= 15 is 0 Å². The van der Waals surface area contributed by atoms with Crippen LogP contribution < -0.4 is 0 Å². The molecular formula is C17H21N3O. The molecule has 0 amide bonds. The maximum Gasteiger partial charge on any atom is 0.115 e. The highest BCUT2D eigenvalue weighted by Crippen LogP contribution is 2.31. The molecule has 2 heterocycles. The predicted octanol–water partition coefficient (Wildman–Crippen LogP) is 3.46. The largest absolute Gasteiger partial charge is 0.378 e. The Balaban J connectivity index is 2.10. The van der Waals surface area contributed by atoms with Gasteiger partial charge in [0.15, 0.2) is 0 Å². The standard InChI is InChI=1S/C17H21N3O/c1-11(2)9-20-16-5-4-13(8-18)7-15(16)19-17(20)14-6-12(3)21-10-14/h4-5,7,11-12,14H,6,9-10H2,1-3H3. The molecule has 21 heavy (non-hydrogen) atoms. The Morgan fingerprint density at radius 1 is 1.48 bits per heavy atom. The predicted molar refractivity (Wildman–Crippen MR) is 82.1 cm³/mol. The van der Waals surface area contributed by atoms with E-state index in [0.29, 0.717) is 23.5 Å². The molecule has 2 atom stereocenters. The molecule has 1 aromatic carbocycles. The van der Waals surface area contributed by atoms with E-state index in [0.717, 1.165) is 36.4 Å². The second kappa shape index (κ2) is 5.50. The maximum absolute atomic E-state index is 9.06. The lowest BCUT2D eigenvalue weighted by molar-refractivity contribution is 0.123. The highest BCUT2D eigenvalue weighted by atomic mass is 16.5. The van der Waals surface area contributed by atoms with Crippen LogP contribution in [-0.4, -0.2) is 22.3 Å². The lowest BCUT2D eigenvalue weighted by Crippen LogP contribution is -2.12. The molecule has 110 valence electrons. The first-order valence-electron chi connectivity index (χ1n) is 7.60. The van der Waals surface area contributed by atoms with Crippen molar-refractivity contribution in [1.29, 1.82) is 5.26 Å². The third-order valence-electron chi connectivity index (χ3n) is 4.02. The van der Waals surface area contributed by atoms with Crippen LogP contribution in [0.4, 0.5) is 0 Å². The van der Waals surface area contributed by atoms with Crippen LogP contribution in [0.15, 0.2) is 18.2 Å². The second-order valence-corrected chi connectivity index (χ2v) is 6.37. The molecule has 1 aromatic heterocycles. The van der Waals surface area contributed by atoms with Crippen molar-refractivity contribution in [2.45, 2.75) is 45.8 Å². The Morgan fingerprint density at radius 2 is 2.29 bits per heavy atom. The van der Waals surface area contributed by atoms with Crippen LogP contribution in [0.25, 0.3) is 11.0 Å². The van der Waals surface area contributed by atoms with Gasteiger partial charge in [-0.3, -0.25) is 0 Å². The van der Waals surface area contributed by atoms with Crippen LogP contribution in [0.5, 0.6) is 0 Å². The van der Waals surface area contributed by atoms with Crippen molar-refractivity contribution >= 4 is 11.0 Å². The van der Waals surface area contributed by atoms with E-state index in [9.17, 15) is 0 Å². The average molecular weight is 283 g/mol. The number of ether oxygens (including phenoxy) is 1. The van der Waals surface area contributed by atoms with Gasteiger partial charge in [-0.05, 0) is 37.5 Å². The molecule has 0 spiro atoms. The van der Waals surface area contributed by atoms with Gasteiger partial charge in [0.25, 0.3) is 0 Å². The highest BCUT2D eigenvalue weighted by molar-refractivity contribution is 5.78. The molecule has 0 radical (unpaired) electrons. The van der Waals surface area contributed by atoms with E-state index in [1.54, 1.807) is 0 Å². The van der Waals surface area contributed by atoms with Gasteiger partial charge >= 0.3 is 0 Å². The Kier molecular flexibility index (Phi) is 3.69. The maximum atomic E-state index is 9.06. The summed E-state index contributed by atoms with van der Waals surface area (Å²) in [4.78, 5) is 4.82. The quantitative estimate of drug-likeness (QED) is 0.866. The molecule has 1 saturated heterocycles. The van der Waals surface area contributed by atoms with Gasteiger partial charge in [0, 0.05) is 12.5 Å². The van der Waals surface area contributed by atoms with Crippen molar-refractivity contribution in [2.24, 2.45) is 5.92 Å². The number of hydrogen-bond donors (Lipinski definition) is 0. The van der Waals surface area contributed by atoms with Gasteiger partial charge in [0.05, 0.1) is 35.4 Å². The van der Waals surface area contributed by atoms with Crippen molar-refractivity contribution < 1.29 is 4.74 Å². The molecule has 4 heteroatoms. The summed E-state index contributed by atoms with van der Waals surface area (Å²) in [5.74, 6) is 2.02. The minimum atomic E-state index is 0.303.